The van der Waals surface area contributed by atoms with Gasteiger partial charge in [-0.15, -0.1) is 0 Å². The van der Waals surface area contributed by atoms with Gasteiger partial charge < -0.3 is 9.73 Å². The summed E-state index contributed by atoms with van der Waals surface area (Å²) in [5.74, 6) is 0.841. The van der Waals surface area contributed by atoms with Crippen LogP contribution in [0.3, 0.4) is 0 Å². The van der Waals surface area contributed by atoms with E-state index in [4.69, 9.17) is 16.0 Å². The molecule has 1 atom stereocenters. The van der Waals surface area contributed by atoms with Gasteiger partial charge in [-0.1, -0.05) is 49.4 Å². The van der Waals surface area contributed by atoms with Crippen molar-refractivity contribution in [1.82, 2.24) is 5.32 Å². The zero-order chi connectivity index (χ0) is 13.9. The maximum Gasteiger partial charge on any atom is 0.193 e. The lowest BCUT2D eigenvalue weighted by Crippen LogP contribution is -2.21. The van der Waals surface area contributed by atoms with Gasteiger partial charge in [0, 0.05) is 0 Å². The Bertz CT molecular complexity index is 714. The van der Waals surface area contributed by atoms with E-state index in [1.54, 1.807) is 6.07 Å². The van der Waals surface area contributed by atoms with E-state index in [0.717, 1.165) is 12.3 Å². The first-order chi connectivity index (χ1) is 9.79. The second-order valence-electron chi connectivity index (χ2n) is 4.70. The van der Waals surface area contributed by atoms with Gasteiger partial charge in [0.2, 0.25) is 0 Å². The Hall–Kier alpha value is -1.77. The van der Waals surface area contributed by atoms with Crippen LogP contribution in [0, 0.1) is 0 Å². The molecule has 0 amide bonds. The van der Waals surface area contributed by atoms with Gasteiger partial charge in [0.25, 0.3) is 0 Å². The average molecular weight is 286 g/mol. The zero-order valence-electron chi connectivity index (χ0n) is 11.3. The second kappa shape index (κ2) is 5.70. The fourth-order valence-corrected chi connectivity index (χ4v) is 2.71. The van der Waals surface area contributed by atoms with Crippen molar-refractivity contribution in [3.8, 4) is 0 Å². The molecule has 1 N–H and O–H groups in total. The maximum atomic E-state index is 5.92. The number of benzene rings is 2. The summed E-state index contributed by atoms with van der Waals surface area (Å²) in [6, 6.07) is 18.4. The zero-order valence-corrected chi connectivity index (χ0v) is 12.0. The van der Waals surface area contributed by atoms with Gasteiger partial charge in [0.15, 0.2) is 5.22 Å². The summed E-state index contributed by atoms with van der Waals surface area (Å²) in [5, 5.41) is 6.35. The van der Waals surface area contributed by atoms with E-state index in [2.05, 4.69) is 54.7 Å². The minimum absolute atomic E-state index is 0.0126. The number of furan rings is 1. The van der Waals surface area contributed by atoms with Crippen molar-refractivity contribution in [2.45, 2.75) is 13.0 Å². The highest BCUT2D eigenvalue weighted by molar-refractivity contribution is 6.28. The predicted molar refractivity (Wildman–Crippen MR) is 83.2 cm³/mol. The highest BCUT2D eigenvalue weighted by Gasteiger charge is 2.18. The van der Waals surface area contributed by atoms with Gasteiger partial charge in [0.05, 0.1) is 6.04 Å². The number of hydrogen-bond acceptors (Lipinski definition) is 2. The van der Waals surface area contributed by atoms with E-state index in [1.807, 2.05) is 6.07 Å². The van der Waals surface area contributed by atoms with Crippen molar-refractivity contribution >= 4 is 22.4 Å². The average Bonchev–Trinajstić information content (AvgIpc) is 2.91. The van der Waals surface area contributed by atoms with Crippen molar-refractivity contribution in [2.24, 2.45) is 0 Å². The molecule has 0 aliphatic rings. The van der Waals surface area contributed by atoms with Gasteiger partial charge in [-0.2, -0.15) is 0 Å². The van der Waals surface area contributed by atoms with Gasteiger partial charge in [-0.3, -0.25) is 0 Å². The molecule has 0 fully saturated rings. The highest BCUT2D eigenvalue weighted by atomic mass is 35.5. The quantitative estimate of drug-likeness (QED) is 0.746. The van der Waals surface area contributed by atoms with Crippen molar-refractivity contribution in [3.05, 3.63) is 71.1 Å². The Morgan fingerprint density at radius 1 is 1.05 bits per heavy atom. The fourth-order valence-electron chi connectivity index (χ4n) is 2.55. The Labute approximate surface area is 123 Å². The summed E-state index contributed by atoms with van der Waals surface area (Å²) in [4.78, 5) is 0. The summed E-state index contributed by atoms with van der Waals surface area (Å²) >= 11 is 5.92. The Kier molecular flexibility index (Phi) is 3.77. The number of nitrogens with one attached hydrogen (secondary N) is 1. The molecule has 102 valence electrons. The third-order valence-corrected chi connectivity index (χ3v) is 3.62. The van der Waals surface area contributed by atoms with E-state index in [0.29, 0.717) is 5.22 Å². The van der Waals surface area contributed by atoms with E-state index in [-0.39, 0.29) is 6.04 Å². The van der Waals surface area contributed by atoms with Crippen LogP contribution >= 0.6 is 11.6 Å². The van der Waals surface area contributed by atoms with Crippen molar-refractivity contribution in [3.63, 3.8) is 0 Å². The van der Waals surface area contributed by atoms with Gasteiger partial charge in [-0.05, 0) is 46.6 Å². The van der Waals surface area contributed by atoms with Crippen molar-refractivity contribution in [1.29, 1.82) is 0 Å². The second-order valence-corrected chi connectivity index (χ2v) is 5.07. The SMILES string of the molecule is CCNC(c1ccc(Cl)o1)c1cccc2ccccc12. The highest BCUT2D eigenvalue weighted by Crippen LogP contribution is 2.30. The van der Waals surface area contributed by atoms with Crippen LogP contribution in [0.1, 0.15) is 24.3 Å². The third kappa shape index (κ3) is 2.45. The monoisotopic (exact) mass is 285 g/mol. The standard InChI is InChI=1S/C17H16ClNO/c1-2-19-17(15-10-11-16(18)20-15)14-9-5-7-12-6-3-4-8-13(12)14/h3-11,17,19H,2H2,1H3. The van der Waals surface area contributed by atoms with Gasteiger partial charge >= 0.3 is 0 Å². The summed E-state index contributed by atoms with van der Waals surface area (Å²) < 4.78 is 5.60. The lowest BCUT2D eigenvalue weighted by atomic mass is 9.97. The molecule has 3 rings (SSSR count). The van der Waals surface area contributed by atoms with Crippen LogP contribution in [0.25, 0.3) is 10.8 Å². The molecule has 0 saturated carbocycles. The summed E-state index contributed by atoms with van der Waals surface area (Å²) in [7, 11) is 0. The topological polar surface area (TPSA) is 25.2 Å². The molecule has 3 aromatic rings. The number of halogens is 1. The van der Waals surface area contributed by atoms with Crippen LogP contribution in [0.2, 0.25) is 5.22 Å². The smallest absolute Gasteiger partial charge is 0.193 e. The molecule has 1 aromatic heterocycles. The first-order valence-corrected chi connectivity index (χ1v) is 7.13. The van der Waals surface area contributed by atoms with E-state index >= 15 is 0 Å². The molecule has 0 saturated heterocycles. The largest absolute Gasteiger partial charge is 0.448 e. The molecule has 2 aromatic carbocycles. The summed E-state index contributed by atoms with van der Waals surface area (Å²) in [5.41, 5.74) is 1.20. The van der Waals surface area contributed by atoms with Gasteiger partial charge in [0.1, 0.15) is 5.76 Å². The van der Waals surface area contributed by atoms with Crippen LogP contribution in [-0.4, -0.2) is 6.54 Å². The van der Waals surface area contributed by atoms with Crippen LogP contribution in [-0.2, 0) is 0 Å². The first-order valence-electron chi connectivity index (χ1n) is 6.76. The molecule has 2 nitrogen and oxygen atoms in total. The lowest BCUT2D eigenvalue weighted by molar-refractivity contribution is 0.455. The van der Waals surface area contributed by atoms with E-state index in [9.17, 15) is 0 Å². The lowest BCUT2D eigenvalue weighted by Gasteiger charge is -2.18. The Balaban J connectivity index is 2.14. The van der Waals surface area contributed by atoms with Crippen molar-refractivity contribution in [2.75, 3.05) is 6.54 Å². The Morgan fingerprint density at radius 2 is 1.85 bits per heavy atom. The third-order valence-electron chi connectivity index (χ3n) is 3.42. The molecule has 0 spiro atoms. The normalized spacial score (nSPS) is 12.7. The molecular formula is C17H16ClNO. The van der Waals surface area contributed by atoms with E-state index < -0.39 is 0 Å². The molecule has 0 aliphatic carbocycles. The molecule has 1 unspecified atom stereocenters. The van der Waals surface area contributed by atoms with Crippen LogP contribution in [0.15, 0.2) is 59.0 Å². The number of rotatable bonds is 4. The molecule has 0 radical (unpaired) electrons. The molecule has 1 heterocycles. The Morgan fingerprint density at radius 3 is 2.60 bits per heavy atom. The number of fused-ring (bicyclic) bond motifs is 1. The summed E-state index contributed by atoms with van der Waals surface area (Å²) in [6.45, 7) is 2.94. The molecule has 0 bridgehead atoms. The minimum atomic E-state index is 0.0126. The fraction of sp³-hybridized carbons (Fsp3) is 0.176. The predicted octanol–water partition coefficient (Wildman–Crippen LogP) is 4.79. The van der Waals surface area contributed by atoms with Crippen molar-refractivity contribution < 1.29 is 4.42 Å². The molecular weight excluding hydrogens is 270 g/mol. The van der Waals surface area contributed by atoms with E-state index in [1.165, 1.54) is 16.3 Å². The molecule has 20 heavy (non-hydrogen) atoms. The molecule has 3 heteroatoms. The minimum Gasteiger partial charge on any atom is -0.448 e. The van der Waals surface area contributed by atoms with Gasteiger partial charge in [-0.25, -0.2) is 0 Å². The maximum absolute atomic E-state index is 5.92. The van der Waals surface area contributed by atoms with Crippen LogP contribution in [0.4, 0.5) is 0 Å². The van der Waals surface area contributed by atoms with Crippen LogP contribution in [0.5, 0.6) is 0 Å². The molecule has 0 aliphatic heterocycles. The first kappa shape index (κ1) is 13.2. The number of hydrogen-bond donors (Lipinski definition) is 1. The summed E-state index contributed by atoms with van der Waals surface area (Å²) in [6.07, 6.45) is 0. The van der Waals surface area contributed by atoms with Crippen LogP contribution < -0.4 is 5.32 Å².